The predicted molar refractivity (Wildman–Crippen MR) is 175 cm³/mol. The minimum Gasteiger partial charge on any atom is -0.496 e. The van der Waals surface area contributed by atoms with E-state index in [2.05, 4.69) is 15.6 Å². The number of carbonyl (C=O) groups is 1. The number of fused-ring (bicyclic) bond motifs is 2. The number of pyridine rings is 1. The van der Waals surface area contributed by atoms with Gasteiger partial charge in [-0.3, -0.25) is 19.1 Å². The third-order valence-electron chi connectivity index (χ3n) is 8.39. The minimum atomic E-state index is -0.717. The Labute approximate surface area is 259 Å². The minimum absolute atomic E-state index is 0.134. The molecule has 9 heteroatoms. The normalized spacial score (nSPS) is 15.0. The summed E-state index contributed by atoms with van der Waals surface area (Å²) in [7, 11) is 1.62. The topological polar surface area (TPSA) is 81.7 Å². The van der Waals surface area contributed by atoms with E-state index in [4.69, 9.17) is 9.73 Å². The zero-order chi connectivity index (χ0) is 31.1. The number of aromatic nitrogens is 3. The summed E-state index contributed by atoms with van der Waals surface area (Å²) in [5, 5.41) is 1.92. The van der Waals surface area contributed by atoms with E-state index in [0.29, 0.717) is 39.4 Å². The van der Waals surface area contributed by atoms with E-state index in [1.165, 1.54) is 11.3 Å². The molecule has 224 valence electrons. The Morgan fingerprint density at radius 2 is 1.84 bits per heavy atom. The van der Waals surface area contributed by atoms with Crippen molar-refractivity contribution in [2.45, 2.75) is 40.7 Å². The summed E-state index contributed by atoms with van der Waals surface area (Å²) >= 11 is 1.34. The number of nitrogens with zero attached hydrogens (tertiary/aromatic N) is 5. The summed E-state index contributed by atoms with van der Waals surface area (Å²) in [6, 6.07) is 17.2. The second kappa shape index (κ2) is 11.7. The Hall–Kier alpha value is -4.76. The number of carbonyl (C=O) groups excluding carboxylic acids is 1. The van der Waals surface area contributed by atoms with Crippen LogP contribution in [0.5, 0.6) is 5.75 Å². The lowest BCUT2D eigenvalue weighted by atomic mass is 9.90. The van der Waals surface area contributed by atoms with Crippen LogP contribution in [-0.2, 0) is 4.79 Å². The number of likely N-dealkylation sites (N-methyl/N-ethyl adjacent to an activating group) is 1. The van der Waals surface area contributed by atoms with Gasteiger partial charge in [-0.05, 0) is 81.3 Å². The van der Waals surface area contributed by atoms with Gasteiger partial charge in [0.2, 0.25) is 0 Å². The summed E-state index contributed by atoms with van der Waals surface area (Å²) in [6.07, 6.45) is 5.51. The number of allylic oxidation sites excluding steroid dienone is 1. The van der Waals surface area contributed by atoms with Gasteiger partial charge in [0.1, 0.15) is 11.8 Å². The number of methoxy groups -OCH3 is 1. The molecule has 0 unspecified atom stereocenters. The number of rotatable bonds is 7. The van der Waals surface area contributed by atoms with Crippen LogP contribution in [0, 0.1) is 13.8 Å². The maximum Gasteiger partial charge on any atom is 0.271 e. The van der Waals surface area contributed by atoms with Crippen LogP contribution >= 0.6 is 11.3 Å². The predicted octanol–water partition coefficient (Wildman–Crippen LogP) is 5.07. The molecule has 0 radical (unpaired) electrons. The Morgan fingerprint density at radius 3 is 2.55 bits per heavy atom. The maximum absolute atomic E-state index is 14.5. The fraction of sp³-hybridized carbons (Fsp3) is 0.257. The Morgan fingerprint density at radius 1 is 1.07 bits per heavy atom. The lowest BCUT2D eigenvalue weighted by Gasteiger charge is -2.30. The third-order valence-corrected chi connectivity index (χ3v) is 9.37. The van der Waals surface area contributed by atoms with Crippen molar-refractivity contribution in [3.63, 3.8) is 0 Å². The molecule has 5 aromatic rings. The molecule has 0 saturated carbocycles. The smallest absolute Gasteiger partial charge is 0.271 e. The van der Waals surface area contributed by atoms with Crippen molar-refractivity contribution >= 4 is 34.1 Å². The molecule has 8 nitrogen and oxygen atoms in total. The first-order valence-electron chi connectivity index (χ1n) is 14.8. The Kier molecular flexibility index (Phi) is 7.82. The van der Waals surface area contributed by atoms with Crippen molar-refractivity contribution < 1.29 is 9.53 Å². The zero-order valence-electron chi connectivity index (χ0n) is 25.8. The van der Waals surface area contributed by atoms with Gasteiger partial charge in [0, 0.05) is 36.2 Å². The maximum atomic E-state index is 14.5. The van der Waals surface area contributed by atoms with Crippen LogP contribution in [-0.4, -0.2) is 45.1 Å². The lowest BCUT2D eigenvalue weighted by molar-refractivity contribution is -0.127. The summed E-state index contributed by atoms with van der Waals surface area (Å²) in [5.74, 6) is 0.480. The van der Waals surface area contributed by atoms with Crippen LogP contribution in [0.15, 0.2) is 88.0 Å². The molecule has 0 aliphatic carbocycles. The third kappa shape index (κ3) is 4.77. The van der Waals surface area contributed by atoms with Gasteiger partial charge in [0.15, 0.2) is 4.80 Å². The molecule has 2 aromatic carbocycles. The molecule has 0 bridgehead atoms. The quantitative estimate of drug-likeness (QED) is 0.260. The van der Waals surface area contributed by atoms with Gasteiger partial charge in [0.05, 0.1) is 34.8 Å². The van der Waals surface area contributed by atoms with Gasteiger partial charge in [-0.1, -0.05) is 41.7 Å². The van der Waals surface area contributed by atoms with E-state index >= 15 is 0 Å². The number of thiazole rings is 1. The molecule has 6 rings (SSSR count). The highest BCUT2D eigenvalue weighted by atomic mass is 32.1. The molecule has 0 saturated heterocycles. The van der Waals surface area contributed by atoms with Crippen molar-refractivity contribution in [3.8, 4) is 11.4 Å². The first-order valence-corrected chi connectivity index (χ1v) is 15.6. The van der Waals surface area contributed by atoms with Crippen molar-refractivity contribution in [2.24, 2.45) is 4.99 Å². The van der Waals surface area contributed by atoms with Crippen molar-refractivity contribution in [2.75, 3.05) is 20.2 Å². The first kappa shape index (κ1) is 29.3. The number of aryl methyl sites for hydroxylation is 1. The summed E-state index contributed by atoms with van der Waals surface area (Å²) in [6.45, 7) is 11.0. The van der Waals surface area contributed by atoms with E-state index in [1.54, 1.807) is 22.8 Å². The average molecular weight is 606 g/mol. The molecular formula is C35H35N5O3S. The van der Waals surface area contributed by atoms with Gasteiger partial charge in [-0.25, -0.2) is 4.99 Å². The fourth-order valence-electron chi connectivity index (χ4n) is 6.24. The molecule has 0 N–H and O–H groups in total. The molecule has 1 aliphatic heterocycles. The molecule has 0 spiro atoms. The first-order chi connectivity index (χ1) is 21.3. The number of ether oxygens (including phenoxy) is 1. The molecule has 1 amide bonds. The largest absolute Gasteiger partial charge is 0.496 e. The summed E-state index contributed by atoms with van der Waals surface area (Å²) in [5.41, 5.74) is 5.60. The van der Waals surface area contributed by atoms with E-state index < -0.39 is 6.04 Å². The highest BCUT2D eigenvalue weighted by Gasteiger charge is 2.36. The molecule has 1 aliphatic rings. The fourth-order valence-corrected chi connectivity index (χ4v) is 7.28. The van der Waals surface area contributed by atoms with Gasteiger partial charge < -0.3 is 14.2 Å². The highest BCUT2D eigenvalue weighted by Crippen LogP contribution is 2.40. The lowest BCUT2D eigenvalue weighted by Crippen LogP contribution is -2.43. The van der Waals surface area contributed by atoms with Crippen molar-refractivity contribution in [1.29, 1.82) is 0 Å². The van der Waals surface area contributed by atoms with Crippen LogP contribution in [0.1, 0.15) is 49.3 Å². The molecule has 44 heavy (non-hydrogen) atoms. The van der Waals surface area contributed by atoms with E-state index in [-0.39, 0.29) is 11.5 Å². The van der Waals surface area contributed by atoms with Gasteiger partial charge >= 0.3 is 0 Å². The van der Waals surface area contributed by atoms with Gasteiger partial charge in [0.25, 0.3) is 11.5 Å². The zero-order valence-corrected chi connectivity index (χ0v) is 26.6. The van der Waals surface area contributed by atoms with Crippen LogP contribution in [0.2, 0.25) is 0 Å². The van der Waals surface area contributed by atoms with Crippen molar-refractivity contribution in [3.05, 3.63) is 120 Å². The summed E-state index contributed by atoms with van der Waals surface area (Å²) < 4.78 is 10.3. The van der Waals surface area contributed by atoms with Crippen LogP contribution in [0.3, 0.4) is 0 Å². The molecule has 1 atom stereocenters. The molecule has 3 aromatic heterocycles. The number of hydrogen-bond acceptors (Lipinski definition) is 6. The van der Waals surface area contributed by atoms with E-state index in [1.807, 2.05) is 95.4 Å². The second-order valence-electron chi connectivity index (χ2n) is 10.8. The Bertz CT molecular complexity index is 2120. The van der Waals surface area contributed by atoms with Crippen LogP contribution in [0.4, 0.5) is 0 Å². The SMILES string of the molecule is CCN(CC)C(=O)C1=C(C)N=c2s/c(=C/c3cc(C)n(-c4cccnc4)c3C)c(=O)n2[C@@H]1c1c(OC)ccc2ccccc12. The van der Waals surface area contributed by atoms with Gasteiger partial charge in [-0.2, -0.15) is 0 Å². The number of benzene rings is 2. The Balaban J connectivity index is 1.63. The molecule has 0 fully saturated rings. The van der Waals surface area contributed by atoms with Gasteiger partial charge in [-0.15, -0.1) is 0 Å². The van der Waals surface area contributed by atoms with E-state index in [9.17, 15) is 9.59 Å². The second-order valence-corrected chi connectivity index (χ2v) is 11.8. The number of amides is 1. The monoisotopic (exact) mass is 605 g/mol. The van der Waals surface area contributed by atoms with E-state index in [0.717, 1.165) is 39.0 Å². The van der Waals surface area contributed by atoms with Crippen molar-refractivity contribution in [1.82, 2.24) is 19.0 Å². The molecular weight excluding hydrogens is 570 g/mol. The average Bonchev–Trinajstić information content (AvgIpc) is 3.49. The number of hydrogen-bond donors (Lipinski definition) is 0. The van der Waals surface area contributed by atoms with Crippen LogP contribution in [0.25, 0.3) is 22.5 Å². The molecule has 4 heterocycles. The standard InChI is InChI=1S/C35H35N5O3S/c1-7-38(8-2)34(42)30-22(4)37-35-40(32(30)31-27-14-10-9-12-24(27)15-16-28(31)43-6)33(41)29(44-35)19-25-18-21(3)39(23(25)5)26-13-11-17-36-20-26/h9-20,32H,7-8H2,1-6H3/b29-19+/t32-/m0/s1. The van der Waals surface area contributed by atoms with Crippen LogP contribution < -0.4 is 19.6 Å². The summed E-state index contributed by atoms with van der Waals surface area (Å²) in [4.78, 5) is 40.1. The highest BCUT2D eigenvalue weighted by molar-refractivity contribution is 7.07.